The number of hydrogen-bond acceptors (Lipinski definition) is 5. The molecule has 1 aromatic carbocycles. The summed E-state index contributed by atoms with van der Waals surface area (Å²) in [4.78, 5) is 11.0. The van der Waals surface area contributed by atoms with E-state index in [4.69, 9.17) is 5.26 Å². The molecule has 5 heteroatoms. The highest BCUT2D eigenvalue weighted by molar-refractivity contribution is 5.90. The topological polar surface area (TPSA) is 64.8 Å². The zero-order valence-corrected chi connectivity index (χ0v) is 11.2. The number of nitrogens with zero attached hydrogens (tertiary/aromatic N) is 4. The third-order valence-corrected chi connectivity index (χ3v) is 2.84. The van der Waals surface area contributed by atoms with Gasteiger partial charge in [0.25, 0.3) is 0 Å². The van der Waals surface area contributed by atoms with Gasteiger partial charge in [-0.1, -0.05) is 12.1 Å². The third kappa shape index (κ3) is 2.91. The lowest BCUT2D eigenvalue weighted by Gasteiger charge is -2.19. The van der Waals surface area contributed by atoms with Gasteiger partial charge in [0.2, 0.25) is 5.95 Å². The van der Waals surface area contributed by atoms with Crippen LogP contribution in [0.1, 0.15) is 13.3 Å². The molecule has 98 valence electrons. The van der Waals surface area contributed by atoms with Gasteiger partial charge in [-0.25, -0.2) is 4.98 Å². The Morgan fingerprint density at radius 2 is 2.11 bits per heavy atom. The summed E-state index contributed by atoms with van der Waals surface area (Å²) in [6, 6.07) is 10.1. The monoisotopic (exact) mass is 255 g/mol. The first-order valence-corrected chi connectivity index (χ1v) is 6.35. The van der Waals surface area contributed by atoms with Crippen LogP contribution in [0.15, 0.2) is 24.3 Å². The van der Waals surface area contributed by atoms with Crippen LogP contribution in [0.2, 0.25) is 0 Å². The first kappa shape index (κ1) is 13.1. The maximum Gasteiger partial charge on any atom is 0.225 e. The summed E-state index contributed by atoms with van der Waals surface area (Å²) in [5, 5.41) is 12.8. The van der Waals surface area contributed by atoms with Crippen LogP contribution < -0.4 is 10.2 Å². The lowest BCUT2D eigenvalue weighted by Crippen LogP contribution is -2.20. The Hall–Kier alpha value is -2.35. The molecule has 1 heterocycles. The molecule has 19 heavy (non-hydrogen) atoms. The zero-order chi connectivity index (χ0) is 13.7. The molecule has 0 aliphatic rings. The van der Waals surface area contributed by atoms with E-state index < -0.39 is 0 Å². The molecular weight excluding hydrogens is 238 g/mol. The number of nitrogens with one attached hydrogen (secondary N) is 1. The van der Waals surface area contributed by atoms with E-state index in [0.29, 0.717) is 18.9 Å². The minimum absolute atomic E-state index is 0.478. The lowest BCUT2D eigenvalue weighted by atomic mass is 10.2. The van der Waals surface area contributed by atoms with E-state index in [1.807, 2.05) is 43.1 Å². The first-order valence-electron chi connectivity index (χ1n) is 6.35. The van der Waals surface area contributed by atoms with Gasteiger partial charge < -0.3 is 10.2 Å². The fraction of sp³-hybridized carbons (Fsp3) is 0.357. The van der Waals surface area contributed by atoms with Gasteiger partial charge in [-0.2, -0.15) is 10.2 Å². The number of hydrogen-bond donors (Lipinski definition) is 1. The molecule has 0 spiro atoms. The second kappa shape index (κ2) is 6.01. The van der Waals surface area contributed by atoms with Crippen LogP contribution >= 0.6 is 0 Å². The zero-order valence-electron chi connectivity index (χ0n) is 11.2. The normalized spacial score (nSPS) is 10.2. The SMILES string of the molecule is CCNc1nc(N(C)CCC#N)c2ccccc2n1. The number of anilines is 2. The highest BCUT2D eigenvalue weighted by atomic mass is 15.2. The molecule has 0 saturated carbocycles. The summed E-state index contributed by atoms with van der Waals surface area (Å²) in [7, 11) is 1.95. The van der Waals surface area contributed by atoms with Crippen molar-refractivity contribution in [2.75, 3.05) is 30.4 Å². The fourth-order valence-electron chi connectivity index (χ4n) is 1.91. The summed E-state index contributed by atoms with van der Waals surface area (Å²) in [6.07, 6.45) is 0.478. The molecule has 0 bridgehead atoms. The Morgan fingerprint density at radius 1 is 1.32 bits per heavy atom. The van der Waals surface area contributed by atoms with Crippen LogP contribution in [0.5, 0.6) is 0 Å². The molecule has 5 nitrogen and oxygen atoms in total. The summed E-state index contributed by atoms with van der Waals surface area (Å²) in [5.41, 5.74) is 0.909. The fourth-order valence-corrected chi connectivity index (χ4v) is 1.91. The third-order valence-electron chi connectivity index (χ3n) is 2.84. The molecular formula is C14H17N5. The van der Waals surface area contributed by atoms with E-state index in [1.54, 1.807) is 0 Å². The van der Waals surface area contributed by atoms with Crippen molar-refractivity contribution in [2.45, 2.75) is 13.3 Å². The Balaban J connectivity index is 2.47. The summed E-state index contributed by atoms with van der Waals surface area (Å²) in [5.74, 6) is 1.48. The Labute approximate surface area is 112 Å². The average molecular weight is 255 g/mol. The first-order chi connectivity index (χ1) is 9.26. The maximum atomic E-state index is 8.69. The molecule has 2 aromatic rings. The molecule has 0 atom stereocenters. The molecule has 0 amide bonds. The van der Waals surface area contributed by atoms with Crippen LogP contribution in [0.3, 0.4) is 0 Å². The quantitative estimate of drug-likeness (QED) is 0.888. The molecule has 0 saturated heterocycles. The Bertz CT molecular complexity index is 602. The van der Waals surface area contributed by atoms with Crippen molar-refractivity contribution in [2.24, 2.45) is 0 Å². The van der Waals surface area contributed by atoms with Gasteiger partial charge in [0.05, 0.1) is 18.0 Å². The second-order valence-corrected chi connectivity index (χ2v) is 4.25. The lowest BCUT2D eigenvalue weighted by molar-refractivity contribution is 0.886. The molecule has 0 aliphatic heterocycles. The van der Waals surface area contributed by atoms with Gasteiger partial charge >= 0.3 is 0 Å². The van der Waals surface area contributed by atoms with Gasteiger partial charge in [-0.15, -0.1) is 0 Å². The number of rotatable bonds is 5. The van der Waals surface area contributed by atoms with Crippen molar-refractivity contribution < 1.29 is 0 Å². The van der Waals surface area contributed by atoms with Gasteiger partial charge in [0.1, 0.15) is 5.82 Å². The van der Waals surface area contributed by atoms with Gasteiger partial charge in [-0.05, 0) is 19.1 Å². The van der Waals surface area contributed by atoms with Crippen molar-refractivity contribution in [3.8, 4) is 6.07 Å². The second-order valence-electron chi connectivity index (χ2n) is 4.25. The average Bonchev–Trinajstić information content (AvgIpc) is 2.44. The Morgan fingerprint density at radius 3 is 2.84 bits per heavy atom. The molecule has 0 fully saturated rings. The smallest absolute Gasteiger partial charge is 0.225 e. The van der Waals surface area contributed by atoms with Crippen LogP contribution in [-0.2, 0) is 0 Å². The molecule has 1 aromatic heterocycles. The van der Waals surface area contributed by atoms with Crippen molar-refractivity contribution in [3.63, 3.8) is 0 Å². The van der Waals surface area contributed by atoms with Crippen LogP contribution in [0.4, 0.5) is 11.8 Å². The summed E-state index contributed by atoms with van der Waals surface area (Å²) < 4.78 is 0. The number of benzene rings is 1. The highest BCUT2D eigenvalue weighted by Gasteiger charge is 2.10. The summed E-state index contributed by atoms with van der Waals surface area (Å²) >= 11 is 0. The molecule has 0 radical (unpaired) electrons. The van der Waals surface area contributed by atoms with Gasteiger partial charge in [0, 0.05) is 25.5 Å². The van der Waals surface area contributed by atoms with Crippen molar-refractivity contribution in [1.82, 2.24) is 9.97 Å². The van der Waals surface area contributed by atoms with E-state index in [-0.39, 0.29) is 0 Å². The molecule has 0 aliphatic carbocycles. The van der Waals surface area contributed by atoms with Gasteiger partial charge in [-0.3, -0.25) is 0 Å². The standard InChI is InChI=1S/C14H17N5/c1-3-16-14-17-12-8-5-4-7-11(12)13(18-14)19(2)10-6-9-15/h4-5,7-8H,3,6,10H2,1-2H3,(H,16,17,18). The predicted octanol–water partition coefficient (Wildman–Crippen LogP) is 2.41. The minimum atomic E-state index is 0.478. The molecule has 1 N–H and O–H groups in total. The van der Waals surface area contributed by atoms with Crippen LogP contribution in [0, 0.1) is 11.3 Å². The van der Waals surface area contributed by atoms with Crippen LogP contribution in [0.25, 0.3) is 10.9 Å². The number of aromatic nitrogens is 2. The largest absolute Gasteiger partial charge is 0.358 e. The minimum Gasteiger partial charge on any atom is -0.358 e. The number of fused-ring (bicyclic) bond motifs is 1. The van der Waals surface area contributed by atoms with Crippen molar-refractivity contribution in [1.29, 1.82) is 5.26 Å². The van der Waals surface area contributed by atoms with Crippen molar-refractivity contribution in [3.05, 3.63) is 24.3 Å². The van der Waals surface area contributed by atoms with Crippen molar-refractivity contribution >= 4 is 22.7 Å². The van der Waals surface area contributed by atoms with Gasteiger partial charge in [0.15, 0.2) is 0 Å². The Kier molecular flexibility index (Phi) is 4.14. The number of nitriles is 1. The summed E-state index contributed by atoms with van der Waals surface area (Å²) in [6.45, 7) is 3.44. The van der Waals surface area contributed by atoms with E-state index in [9.17, 15) is 0 Å². The van der Waals surface area contributed by atoms with E-state index in [1.165, 1.54) is 0 Å². The number of para-hydroxylation sites is 1. The molecule has 0 unspecified atom stereocenters. The predicted molar refractivity (Wildman–Crippen MR) is 77.2 cm³/mol. The van der Waals surface area contributed by atoms with Crippen LogP contribution in [-0.4, -0.2) is 30.1 Å². The maximum absolute atomic E-state index is 8.69. The highest BCUT2D eigenvalue weighted by Crippen LogP contribution is 2.24. The van der Waals surface area contributed by atoms with E-state index in [0.717, 1.165) is 23.3 Å². The van der Waals surface area contributed by atoms with E-state index in [2.05, 4.69) is 21.4 Å². The van der Waals surface area contributed by atoms with E-state index >= 15 is 0 Å². The molecule has 2 rings (SSSR count).